The Bertz CT molecular complexity index is 301. The van der Waals surface area contributed by atoms with E-state index < -0.39 is 11.6 Å². The molecule has 0 atom stereocenters. The molecule has 1 N–H and O–H groups in total. The Kier molecular flexibility index (Phi) is 2.65. The van der Waals surface area contributed by atoms with E-state index in [9.17, 15) is 8.78 Å². The zero-order chi connectivity index (χ0) is 7.84. The van der Waals surface area contributed by atoms with Gasteiger partial charge >= 0.3 is 0 Å². The molecular formula is C8H8ClF2N. The predicted molar refractivity (Wildman–Crippen MR) is 44.1 cm³/mol. The third-order valence-corrected chi connectivity index (χ3v) is 1.91. The summed E-state index contributed by atoms with van der Waals surface area (Å²) < 4.78 is 25.5. The molecule has 66 valence electrons. The smallest absolute Gasteiger partial charge is 0.163 e. The summed E-state index contributed by atoms with van der Waals surface area (Å²) in [6, 6.07) is 2.79. The first kappa shape index (κ1) is 9.42. The molecule has 0 aliphatic carbocycles. The standard InChI is InChI=1S/C8H7F2N.ClH/c9-7-2-1-5-3-11-4-6(5)8(7)10;/h1-2,11H,3-4H2;1H. The molecule has 1 nitrogen and oxygen atoms in total. The first-order valence-corrected chi connectivity index (χ1v) is 3.45. The highest BCUT2D eigenvalue weighted by molar-refractivity contribution is 5.85. The van der Waals surface area contributed by atoms with Gasteiger partial charge in [0.2, 0.25) is 0 Å². The monoisotopic (exact) mass is 191 g/mol. The van der Waals surface area contributed by atoms with E-state index in [2.05, 4.69) is 5.32 Å². The Hall–Kier alpha value is -0.670. The first-order chi connectivity index (χ1) is 5.29. The van der Waals surface area contributed by atoms with Gasteiger partial charge in [-0.25, -0.2) is 8.78 Å². The molecule has 0 spiro atoms. The van der Waals surface area contributed by atoms with Gasteiger partial charge in [0.1, 0.15) is 0 Å². The minimum Gasteiger partial charge on any atom is -0.308 e. The lowest BCUT2D eigenvalue weighted by Gasteiger charge is -1.98. The molecule has 0 bridgehead atoms. The molecule has 1 heterocycles. The van der Waals surface area contributed by atoms with Gasteiger partial charge in [0.15, 0.2) is 11.6 Å². The highest BCUT2D eigenvalue weighted by Gasteiger charge is 2.16. The molecule has 1 aliphatic heterocycles. The third-order valence-electron chi connectivity index (χ3n) is 1.91. The van der Waals surface area contributed by atoms with E-state index in [1.54, 1.807) is 6.07 Å². The molecule has 0 unspecified atom stereocenters. The highest BCUT2D eigenvalue weighted by Crippen LogP contribution is 2.20. The lowest BCUT2D eigenvalue weighted by molar-refractivity contribution is 0.499. The predicted octanol–water partition coefficient (Wildman–Crippen LogP) is 1.99. The number of hydrogen-bond donors (Lipinski definition) is 1. The van der Waals surface area contributed by atoms with Gasteiger partial charge in [-0.3, -0.25) is 0 Å². The van der Waals surface area contributed by atoms with Crippen molar-refractivity contribution in [1.82, 2.24) is 5.32 Å². The molecule has 4 heteroatoms. The number of nitrogens with one attached hydrogen (secondary N) is 1. The second-order valence-corrected chi connectivity index (χ2v) is 2.60. The fourth-order valence-corrected chi connectivity index (χ4v) is 1.31. The molecule has 0 radical (unpaired) electrons. The molecule has 2 rings (SSSR count). The minimum atomic E-state index is -0.757. The van der Waals surface area contributed by atoms with Crippen molar-refractivity contribution in [3.05, 3.63) is 34.9 Å². The Morgan fingerprint density at radius 2 is 1.92 bits per heavy atom. The largest absolute Gasteiger partial charge is 0.308 e. The SMILES string of the molecule is Cl.Fc1ccc2c(c1F)CNC2. The number of rotatable bonds is 0. The van der Waals surface area contributed by atoms with E-state index in [1.165, 1.54) is 6.07 Å². The number of benzene rings is 1. The molecule has 12 heavy (non-hydrogen) atoms. The van der Waals surface area contributed by atoms with E-state index >= 15 is 0 Å². The van der Waals surface area contributed by atoms with Crippen LogP contribution in [0.25, 0.3) is 0 Å². The molecule has 1 aromatic carbocycles. The number of halogens is 3. The van der Waals surface area contributed by atoms with Crippen LogP contribution in [0, 0.1) is 11.6 Å². The third kappa shape index (κ3) is 1.30. The quantitative estimate of drug-likeness (QED) is 0.662. The molecule has 0 fully saturated rings. The van der Waals surface area contributed by atoms with E-state index in [-0.39, 0.29) is 12.4 Å². The van der Waals surface area contributed by atoms with Crippen molar-refractivity contribution in [3.8, 4) is 0 Å². The Balaban J connectivity index is 0.000000720. The van der Waals surface area contributed by atoms with Crippen molar-refractivity contribution < 1.29 is 8.78 Å². The van der Waals surface area contributed by atoms with Crippen molar-refractivity contribution >= 4 is 12.4 Å². The topological polar surface area (TPSA) is 12.0 Å². The van der Waals surface area contributed by atoms with Gasteiger partial charge in [-0.15, -0.1) is 12.4 Å². The fourth-order valence-electron chi connectivity index (χ4n) is 1.31. The summed E-state index contributed by atoms with van der Waals surface area (Å²) in [6.07, 6.45) is 0. The maximum atomic E-state index is 12.9. The van der Waals surface area contributed by atoms with Gasteiger partial charge in [0.05, 0.1) is 0 Å². The first-order valence-electron chi connectivity index (χ1n) is 3.45. The lowest BCUT2D eigenvalue weighted by atomic mass is 10.1. The fraction of sp³-hybridized carbons (Fsp3) is 0.250. The summed E-state index contributed by atoms with van der Waals surface area (Å²) in [5.74, 6) is -1.46. The minimum absolute atomic E-state index is 0. The van der Waals surface area contributed by atoms with Gasteiger partial charge in [-0.05, 0) is 11.6 Å². The van der Waals surface area contributed by atoms with Crippen molar-refractivity contribution in [2.75, 3.05) is 0 Å². The zero-order valence-corrected chi connectivity index (χ0v) is 7.05. The van der Waals surface area contributed by atoms with Gasteiger partial charge < -0.3 is 5.32 Å². The van der Waals surface area contributed by atoms with Crippen LogP contribution in [0.4, 0.5) is 8.78 Å². The molecule has 0 amide bonds. The van der Waals surface area contributed by atoms with Crippen molar-refractivity contribution in [2.45, 2.75) is 13.1 Å². The van der Waals surface area contributed by atoms with E-state index in [1.807, 2.05) is 0 Å². The van der Waals surface area contributed by atoms with Crippen LogP contribution >= 0.6 is 12.4 Å². The molecular weight excluding hydrogens is 184 g/mol. The summed E-state index contributed by atoms with van der Waals surface area (Å²) in [4.78, 5) is 0. The summed E-state index contributed by atoms with van der Waals surface area (Å²) >= 11 is 0. The maximum absolute atomic E-state index is 12.9. The van der Waals surface area contributed by atoms with E-state index in [0.29, 0.717) is 18.7 Å². The van der Waals surface area contributed by atoms with Gasteiger partial charge in [-0.1, -0.05) is 6.07 Å². The number of hydrogen-bond acceptors (Lipinski definition) is 1. The molecule has 0 saturated heterocycles. The van der Waals surface area contributed by atoms with Crippen LogP contribution in [0.15, 0.2) is 12.1 Å². The van der Waals surface area contributed by atoms with Crippen LogP contribution in [0.3, 0.4) is 0 Å². The van der Waals surface area contributed by atoms with Gasteiger partial charge in [0.25, 0.3) is 0 Å². The average molecular weight is 192 g/mol. The van der Waals surface area contributed by atoms with Gasteiger partial charge in [0, 0.05) is 18.7 Å². The van der Waals surface area contributed by atoms with Crippen LogP contribution in [0.2, 0.25) is 0 Å². The van der Waals surface area contributed by atoms with Crippen LogP contribution in [0.5, 0.6) is 0 Å². The van der Waals surface area contributed by atoms with Crippen LogP contribution < -0.4 is 5.32 Å². The molecule has 1 aromatic rings. The summed E-state index contributed by atoms with van der Waals surface area (Å²) in [5.41, 5.74) is 1.34. The van der Waals surface area contributed by atoms with E-state index in [0.717, 1.165) is 5.56 Å². The van der Waals surface area contributed by atoms with Crippen molar-refractivity contribution in [1.29, 1.82) is 0 Å². The summed E-state index contributed by atoms with van der Waals surface area (Å²) in [6.45, 7) is 1.09. The molecule has 1 aliphatic rings. The second kappa shape index (κ2) is 3.37. The van der Waals surface area contributed by atoms with E-state index in [4.69, 9.17) is 0 Å². The Morgan fingerprint density at radius 3 is 2.67 bits per heavy atom. The normalized spacial score (nSPS) is 13.8. The maximum Gasteiger partial charge on any atom is 0.163 e. The Morgan fingerprint density at radius 1 is 1.17 bits per heavy atom. The van der Waals surface area contributed by atoms with Gasteiger partial charge in [-0.2, -0.15) is 0 Å². The lowest BCUT2D eigenvalue weighted by Crippen LogP contribution is -2.00. The summed E-state index contributed by atoms with van der Waals surface area (Å²) in [7, 11) is 0. The molecule has 0 saturated carbocycles. The average Bonchev–Trinajstić information content (AvgIpc) is 2.45. The summed E-state index contributed by atoms with van der Waals surface area (Å²) in [5, 5.41) is 2.95. The second-order valence-electron chi connectivity index (χ2n) is 2.60. The van der Waals surface area contributed by atoms with Crippen LogP contribution in [-0.2, 0) is 13.1 Å². The van der Waals surface area contributed by atoms with Crippen molar-refractivity contribution in [3.63, 3.8) is 0 Å². The van der Waals surface area contributed by atoms with Crippen LogP contribution in [-0.4, -0.2) is 0 Å². The van der Waals surface area contributed by atoms with Crippen molar-refractivity contribution in [2.24, 2.45) is 0 Å². The molecule has 0 aromatic heterocycles. The Labute approximate surface area is 75.2 Å². The van der Waals surface area contributed by atoms with Crippen LogP contribution in [0.1, 0.15) is 11.1 Å². The number of fused-ring (bicyclic) bond motifs is 1. The highest BCUT2D eigenvalue weighted by atomic mass is 35.5. The zero-order valence-electron chi connectivity index (χ0n) is 6.23.